The van der Waals surface area contributed by atoms with Crippen LogP contribution in [0.5, 0.6) is 0 Å². The summed E-state index contributed by atoms with van der Waals surface area (Å²) in [6.07, 6.45) is -6.69. The van der Waals surface area contributed by atoms with Crippen molar-refractivity contribution in [2.75, 3.05) is 6.54 Å². The van der Waals surface area contributed by atoms with Crippen LogP contribution in [0.2, 0.25) is 0 Å². The molecule has 3 aliphatic rings. The molecule has 0 bridgehead atoms. The number of carbonyl (C=O) groups is 2. The first-order chi connectivity index (χ1) is 11.3. The van der Waals surface area contributed by atoms with Crippen LogP contribution < -0.4 is 0 Å². The monoisotopic (exact) mass is 373 g/mol. The maximum absolute atomic E-state index is 13.9. The van der Waals surface area contributed by atoms with E-state index in [1.54, 1.807) is 0 Å². The number of halogens is 6. The molecule has 0 radical (unpaired) electrons. The molecule has 1 spiro atoms. The van der Waals surface area contributed by atoms with Crippen molar-refractivity contribution in [1.29, 1.82) is 0 Å². The summed E-state index contributed by atoms with van der Waals surface area (Å²) < 4.78 is 80.6. The van der Waals surface area contributed by atoms with Gasteiger partial charge >= 0.3 is 0 Å². The van der Waals surface area contributed by atoms with E-state index in [0.29, 0.717) is 4.90 Å². The zero-order chi connectivity index (χ0) is 18.8. The van der Waals surface area contributed by atoms with Gasteiger partial charge in [-0.3, -0.25) is 9.59 Å². The zero-order valence-corrected chi connectivity index (χ0v) is 13.1. The highest BCUT2D eigenvalue weighted by Crippen LogP contribution is 2.54. The number of carbonyl (C=O) groups excluding carboxylic acids is 2. The van der Waals surface area contributed by atoms with Crippen LogP contribution in [0.3, 0.4) is 0 Å². The van der Waals surface area contributed by atoms with E-state index in [1.807, 2.05) is 0 Å². The molecular weight excluding hydrogens is 356 g/mol. The zero-order valence-electron chi connectivity index (χ0n) is 13.1. The van der Waals surface area contributed by atoms with Crippen LogP contribution in [0, 0.1) is 5.92 Å². The lowest BCUT2D eigenvalue weighted by atomic mass is 9.78. The van der Waals surface area contributed by atoms with E-state index in [9.17, 15) is 41.0 Å². The summed E-state index contributed by atoms with van der Waals surface area (Å²) in [5, 5.41) is 9.86. The van der Waals surface area contributed by atoms with Gasteiger partial charge in [0.15, 0.2) is 0 Å². The minimum absolute atomic E-state index is 0.345. The molecule has 2 aliphatic carbocycles. The van der Waals surface area contributed by atoms with E-state index in [0.717, 1.165) is 0 Å². The van der Waals surface area contributed by atoms with Crippen molar-refractivity contribution in [2.45, 2.75) is 67.9 Å². The van der Waals surface area contributed by atoms with Crippen LogP contribution in [-0.4, -0.2) is 57.7 Å². The number of aliphatic hydroxyl groups excluding tert-OH is 1. The fraction of sp³-hybridized carbons (Fsp3) is 0.867. The molecule has 0 aromatic heterocycles. The highest BCUT2D eigenvalue weighted by molar-refractivity contribution is 6.36. The van der Waals surface area contributed by atoms with E-state index in [1.165, 1.54) is 0 Å². The summed E-state index contributed by atoms with van der Waals surface area (Å²) in [7, 11) is 0. The van der Waals surface area contributed by atoms with Gasteiger partial charge in [-0.2, -0.15) is 0 Å². The standard InChI is InChI=1S/C15H17F6NO3/c16-13(17)2-1-12(6-13)11(25)15(20,21)7-22(12)10(24)9(23)3-8-4-14(18,19)5-8/h8,11,25H,1-7H2/t11-,12-/m1/s1. The maximum atomic E-state index is 13.9. The Morgan fingerprint density at radius 1 is 1.00 bits per heavy atom. The van der Waals surface area contributed by atoms with E-state index >= 15 is 0 Å². The van der Waals surface area contributed by atoms with Gasteiger partial charge in [-0.1, -0.05) is 0 Å². The number of ketones is 1. The Hall–Kier alpha value is -1.32. The van der Waals surface area contributed by atoms with E-state index in [4.69, 9.17) is 0 Å². The fourth-order valence-electron chi connectivity index (χ4n) is 4.19. The normalized spacial score (nSPS) is 35.8. The van der Waals surface area contributed by atoms with Crippen LogP contribution >= 0.6 is 0 Å². The second-order valence-corrected chi connectivity index (χ2v) is 7.45. The molecule has 1 saturated heterocycles. The molecular formula is C15H17F6NO3. The molecule has 142 valence electrons. The van der Waals surface area contributed by atoms with Gasteiger partial charge in [0.1, 0.15) is 6.10 Å². The molecule has 0 unspecified atom stereocenters. The minimum Gasteiger partial charge on any atom is -0.384 e. The molecule has 1 amide bonds. The first-order valence-corrected chi connectivity index (χ1v) is 7.94. The summed E-state index contributed by atoms with van der Waals surface area (Å²) in [4.78, 5) is 24.6. The van der Waals surface area contributed by atoms with Crippen molar-refractivity contribution < 1.29 is 41.0 Å². The predicted molar refractivity (Wildman–Crippen MR) is 71.5 cm³/mol. The van der Waals surface area contributed by atoms with Crippen molar-refractivity contribution in [3.8, 4) is 0 Å². The van der Waals surface area contributed by atoms with Crippen molar-refractivity contribution in [3.63, 3.8) is 0 Å². The van der Waals surface area contributed by atoms with Crippen LogP contribution in [-0.2, 0) is 9.59 Å². The Morgan fingerprint density at radius 3 is 2.08 bits per heavy atom. The molecule has 1 N–H and O–H groups in total. The van der Waals surface area contributed by atoms with Crippen LogP contribution in [0.4, 0.5) is 26.3 Å². The largest absolute Gasteiger partial charge is 0.384 e. The fourth-order valence-corrected chi connectivity index (χ4v) is 4.19. The van der Waals surface area contributed by atoms with Crippen LogP contribution in [0.1, 0.15) is 38.5 Å². The van der Waals surface area contributed by atoms with Gasteiger partial charge in [-0.15, -0.1) is 0 Å². The number of likely N-dealkylation sites (tertiary alicyclic amines) is 1. The Bertz CT molecular complexity index is 602. The van der Waals surface area contributed by atoms with E-state index in [-0.39, 0.29) is 0 Å². The smallest absolute Gasteiger partial charge is 0.292 e. The average Bonchev–Trinajstić information content (AvgIpc) is 2.86. The van der Waals surface area contributed by atoms with Crippen LogP contribution in [0.15, 0.2) is 0 Å². The van der Waals surface area contributed by atoms with Gasteiger partial charge < -0.3 is 10.0 Å². The molecule has 4 nitrogen and oxygen atoms in total. The maximum Gasteiger partial charge on any atom is 0.292 e. The van der Waals surface area contributed by atoms with E-state index < -0.39 is 92.1 Å². The highest BCUT2D eigenvalue weighted by atomic mass is 19.3. The third-order valence-corrected chi connectivity index (χ3v) is 5.44. The Kier molecular flexibility index (Phi) is 3.95. The Labute approximate surface area is 139 Å². The van der Waals surface area contributed by atoms with Gasteiger partial charge in [-0.25, -0.2) is 26.3 Å². The summed E-state index contributed by atoms with van der Waals surface area (Å²) in [6, 6.07) is 0. The van der Waals surface area contributed by atoms with Crippen molar-refractivity contribution in [1.82, 2.24) is 4.90 Å². The first kappa shape index (κ1) is 18.5. The van der Waals surface area contributed by atoms with Gasteiger partial charge in [0.05, 0.1) is 12.1 Å². The topological polar surface area (TPSA) is 57.6 Å². The second kappa shape index (κ2) is 5.34. The van der Waals surface area contributed by atoms with Crippen LogP contribution in [0.25, 0.3) is 0 Å². The first-order valence-electron chi connectivity index (χ1n) is 7.94. The summed E-state index contributed by atoms with van der Waals surface area (Å²) in [5.41, 5.74) is -2.21. The number of rotatable bonds is 3. The molecule has 1 heterocycles. The van der Waals surface area contributed by atoms with Crippen molar-refractivity contribution in [2.24, 2.45) is 5.92 Å². The lowest BCUT2D eigenvalue weighted by molar-refractivity contribution is -0.154. The molecule has 10 heteroatoms. The predicted octanol–water partition coefficient (Wildman–Crippen LogP) is 2.39. The number of Topliss-reactive ketones (excluding diaryl/α,β-unsaturated/α-hetero) is 1. The van der Waals surface area contributed by atoms with Gasteiger partial charge in [0.25, 0.3) is 17.8 Å². The minimum atomic E-state index is -3.82. The molecule has 25 heavy (non-hydrogen) atoms. The summed E-state index contributed by atoms with van der Waals surface area (Å²) >= 11 is 0. The average molecular weight is 373 g/mol. The van der Waals surface area contributed by atoms with Gasteiger partial charge in [0, 0.05) is 32.1 Å². The van der Waals surface area contributed by atoms with Gasteiger partial charge in [0.2, 0.25) is 11.7 Å². The number of nitrogens with zero attached hydrogens (tertiary/aromatic N) is 1. The number of amides is 1. The quantitative estimate of drug-likeness (QED) is 0.611. The molecule has 3 fully saturated rings. The van der Waals surface area contributed by atoms with Gasteiger partial charge in [-0.05, 0) is 12.3 Å². The Morgan fingerprint density at radius 2 is 1.60 bits per heavy atom. The third kappa shape index (κ3) is 3.02. The second-order valence-electron chi connectivity index (χ2n) is 7.45. The number of alkyl halides is 6. The SMILES string of the molecule is O=C(CC1CC(F)(F)C1)C(=O)N1CC(F)(F)[C@H](O)[C@]12CCC(F)(F)C2. The Balaban J connectivity index is 1.77. The van der Waals surface area contributed by atoms with E-state index in [2.05, 4.69) is 0 Å². The number of hydrogen-bond donors (Lipinski definition) is 1. The molecule has 0 aromatic rings. The van der Waals surface area contributed by atoms with Crippen molar-refractivity contribution >= 4 is 11.7 Å². The summed E-state index contributed by atoms with van der Waals surface area (Å²) in [5.74, 6) is -13.4. The molecule has 2 saturated carbocycles. The molecule has 2 atom stereocenters. The molecule has 3 rings (SSSR count). The summed E-state index contributed by atoms with van der Waals surface area (Å²) in [6.45, 7) is -1.34. The van der Waals surface area contributed by atoms with Crippen molar-refractivity contribution in [3.05, 3.63) is 0 Å². The molecule has 1 aliphatic heterocycles. The lowest BCUT2D eigenvalue weighted by Crippen LogP contribution is -2.54. The lowest BCUT2D eigenvalue weighted by Gasteiger charge is -2.37. The number of hydrogen-bond acceptors (Lipinski definition) is 3. The highest BCUT2D eigenvalue weighted by Gasteiger charge is 2.69. The molecule has 0 aromatic carbocycles. The third-order valence-electron chi connectivity index (χ3n) is 5.44. The number of aliphatic hydroxyl groups is 1.